The molecule has 0 spiro atoms. The first-order valence-electron chi connectivity index (χ1n) is 3.54. The van der Waals surface area contributed by atoms with Gasteiger partial charge in [0.15, 0.2) is 0 Å². The molecule has 1 aromatic carbocycles. The SMILES string of the molecule is NN1Cc2c(Br)cccc2C1=O. The van der Waals surface area contributed by atoms with Gasteiger partial charge in [-0.25, -0.2) is 5.84 Å². The maximum Gasteiger partial charge on any atom is 0.268 e. The predicted molar refractivity (Wildman–Crippen MR) is 48.2 cm³/mol. The number of carbonyl (C=O) groups is 1. The summed E-state index contributed by atoms with van der Waals surface area (Å²) in [6.45, 7) is 0.496. The Morgan fingerprint density at radius 2 is 2.25 bits per heavy atom. The van der Waals surface area contributed by atoms with Crippen molar-refractivity contribution >= 4 is 21.8 Å². The van der Waals surface area contributed by atoms with Gasteiger partial charge < -0.3 is 0 Å². The number of carbonyl (C=O) groups excluding carboxylic acids is 1. The molecule has 0 fully saturated rings. The second-order valence-electron chi connectivity index (χ2n) is 2.70. The molecule has 0 radical (unpaired) electrons. The second kappa shape index (κ2) is 2.57. The number of halogens is 1. The van der Waals surface area contributed by atoms with Gasteiger partial charge >= 0.3 is 0 Å². The lowest BCUT2D eigenvalue weighted by Gasteiger charge is -2.04. The molecule has 0 saturated heterocycles. The molecule has 12 heavy (non-hydrogen) atoms. The number of hydrazine groups is 1. The quantitative estimate of drug-likeness (QED) is 0.536. The third-order valence-electron chi connectivity index (χ3n) is 1.94. The molecule has 2 N–H and O–H groups in total. The number of rotatable bonds is 0. The van der Waals surface area contributed by atoms with Crippen molar-refractivity contribution < 1.29 is 4.79 Å². The lowest BCUT2D eigenvalue weighted by atomic mass is 10.1. The van der Waals surface area contributed by atoms with Crippen molar-refractivity contribution in [1.29, 1.82) is 0 Å². The fourth-order valence-corrected chi connectivity index (χ4v) is 1.81. The Morgan fingerprint density at radius 3 is 2.92 bits per heavy atom. The van der Waals surface area contributed by atoms with Crippen molar-refractivity contribution in [1.82, 2.24) is 5.01 Å². The smallest absolute Gasteiger partial charge is 0.268 e. The summed E-state index contributed by atoms with van der Waals surface area (Å²) in [6.07, 6.45) is 0. The molecule has 0 bridgehead atoms. The topological polar surface area (TPSA) is 46.3 Å². The molecule has 1 heterocycles. The first-order chi connectivity index (χ1) is 5.70. The molecule has 0 unspecified atom stereocenters. The Kier molecular flexibility index (Phi) is 1.66. The molecule has 2 rings (SSSR count). The summed E-state index contributed by atoms with van der Waals surface area (Å²) in [7, 11) is 0. The highest BCUT2D eigenvalue weighted by Crippen LogP contribution is 2.27. The van der Waals surface area contributed by atoms with E-state index in [1.54, 1.807) is 6.07 Å². The molecular weight excluding hydrogens is 220 g/mol. The zero-order valence-electron chi connectivity index (χ0n) is 6.25. The zero-order chi connectivity index (χ0) is 8.72. The van der Waals surface area contributed by atoms with Crippen LogP contribution in [0.15, 0.2) is 22.7 Å². The van der Waals surface area contributed by atoms with Crippen LogP contribution < -0.4 is 5.84 Å². The molecule has 0 atom stereocenters. The van der Waals surface area contributed by atoms with E-state index in [-0.39, 0.29) is 5.91 Å². The summed E-state index contributed by atoms with van der Waals surface area (Å²) in [6, 6.07) is 5.53. The van der Waals surface area contributed by atoms with Crippen LogP contribution in [0, 0.1) is 0 Å². The lowest BCUT2D eigenvalue weighted by Crippen LogP contribution is -2.30. The van der Waals surface area contributed by atoms with Crippen LogP contribution in [0.4, 0.5) is 0 Å². The van der Waals surface area contributed by atoms with Gasteiger partial charge in [-0.05, 0) is 12.1 Å². The maximum absolute atomic E-state index is 11.3. The summed E-state index contributed by atoms with van der Waals surface area (Å²) < 4.78 is 0.946. The highest BCUT2D eigenvalue weighted by atomic mass is 79.9. The summed E-state index contributed by atoms with van der Waals surface area (Å²) in [5.74, 6) is 5.36. The fraction of sp³-hybridized carbons (Fsp3) is 0.125. The third kappa shape index (κ3) is 0.956. The predicted octanol–water partition coefficient (Wildman–Crippen LogP) is 1.28. The molecule has 1 aliphatic heterocycles. The second-order valence-corrected chi connectivity index (χ2v) is 3.55. The lowest BCUT2D eigenvalue weighted by molar-refractivity contribution is 0.0778. The molecule has 1 aromatic rings. The van der Waals surface area contributed by atoms with E-state index in [4.69, 9.17) is 5.84 Å². The summed E-state index contributed by atoms with van der Waals surface area (Å²) in [4.78, 5) is 11.3. The minimum absolute atomic E-state index is 0.105. The number of nitrogens with zero attached hydrogens (tertiary/aromatic N) is 1. The molecule has 1 aliphatic rings. The average molecular weight is 227 g/mol. The summed E-state index contributed by atoms with van der Waals surface area (Å²) in [5, 5.41) is 1.22. The fourth-order valence-electron chi connectivity index (χ4n) is 1.32. The highest BCUT2D eigenvalue weighted by molar-refractivity contribution is 9.10. The van der Waals surface area contributed by atoms with Gasteiger partial charge in [0, 0.05) is 15.6 Å². The van der Waals surface area contributed by atoms with Crippen molar-refractivity contribution in [2.45, 2.75) is 6.54 Å². The number of fused-ring (bicyclic) bond motifs is 1. The molecule has 1 amide bonds. The number of amides is 1. The highest BCUT2D eigenvalue weighted by Gasteiger charge is 2.26. The Balaban J connectivity index is 2.61. The largest absolute Gasteiger partial charge is 0.272 e. The van der Waals surface area contributed by atoms with Crippen molar-refractivity contribution in [2.24, 2.45) is 5.84 Å². The summed E-state index contributed by atoms with van der Waals surface area (Å²) >= 11 is 3.37. The molecule has 0 saturated carbocycles. The first kappa shape index (κ1) is 7.76. The number of hydrogen-bond acceptors (Lipinski definition) is 2. The van der Waals surface area contributed by atoms with Gasteiger partial charge in [0.25, 0.3) is 5.91 Å². The molecule has 0 aromatic heterocycles. The first-order valence-corrected chi connectivity index (χ1v) is 4.33. The van der Waals surface area contributed by atoms with Gasteiger partial charge in [-0.1, -0.05) is 22.0 Å². The van der Waals surface area contributed by atoms with Crippen LogP contribution in [0.3, 0.4) is 0 Å². The van der Waals surface area contributed by atoms with Crippen LogP contribution in [-0.2, 0) is 6.54 Å². The van der Waals surface area contributed by atoms with Crippen LogP contribution in [-0.4, -0.2) is 10.9 Å². The number of benzene rings is 1. The van der Waals surface area contributed by atoms with Crippen molar-refractivity contribution in [2.75, 3.05) is 0 Å². The maximum atomic E-state index is 11.3. The van der Waals surface area contributed by atoms with Crippen LogP contribution >= 0.6 is 15.9 Å². The van der Waals surface area contributed by atoms with Crippen LogP contribution in [0.1, 0.15) is 15.9 Å². The van der Waals surface area contributed by atoms with Gasteiger partial charge in [0.05, 0.1) is 6.54 Å². The minimum Gasteiger partial charge on any atom is -0.272 e. The van der Waals surface area contributed by atoms with Gasteiger partial charge in [-0.2, -0.15) is 0 Å². The normalized spacial score (nSPS) is 15.2. The van der Waals surface area contributed by atoms with Gasteiger partial charge in [0.1, 0.15) is 0 Å². The van der Waals surface area contributed by atoms with Crippen LogP contribution in [0.25, 0.3) is 0 Å². The average Bonchev–Trinajstić information content (AvgIpc) is 2.32. The standard InChI is InChI=1S/C8H7BrN2O/c9-7-3-1-2-5-6(7)4-11(10)8(5)12/h1-3H,4,10H2. The molecule has 62 valence electrons. The molecule has 3 nitrogen and oxygen atoms in total. The molecule has 4 heteroatoms. The van der Waals surface area contributed by atoms with Gasteiger partial charge in [0.2, 0.25) is 0 Å². The Bertz CT molecular complexity index is 351. The summed E-state index contributed by atoms with van der Waals surface area (Å²) in [5.41, 5.74) is 1.68. The Morgan fingerprint density at radius 1 is 1.50 bits per heavy atom. The van der Waals surface area contributed by atoms with Crippen molar-refractivity contribution in [3.05, 3.63) is 33.8 Å². The molecular formula is C8H7BrN2O. The van der Waals surface area contributed by atoms with E-state index < -0.39 is 0 Å². The van der Waals surface area contributed by atoms with Gasteiger partial charge in [-0.15, -0.1) is 0 Å². The van der Waals surface area contributed by atoms with Crippen molar-refractivity contribution in [3.8, 4) is 0 Å². The van der Waals surface area contributed by atoms with Crippen molar-refractivity contribution in [3.63, 3.8) is 0 Å². The monoisotopic (exact) mass is 226 g/mol. The van der Waals surface area contributed by atoms with Crippen LogP contribution in [0.5, 0.6) is 0 Å². The van der Waals surface area contributed by atoms with E-state index in [0.29, 0.717) is 12.1 Å². The van der Waals surface area contributed by atoms with Gasteiger partial charge in [-0.3, -0.25) is 9.80 Å². The number of hydrogen-bond donors (Lipinski definition) is 1. The van der Waals surface area contributed by atoms with E-state index in [2.05, 4.69) is 15.9 Å². The zero-order valence-corrected chi connectivity index (χ0v) is 7.84. The minimum atomic E-state index is -0.105. The Hall–Kier alpha value is -0.870. The number of nitrogens with two attached hydrogens (primary N) is 1. The van der Waals surface area contributed by atoms with E-state index in [1.165, 1.54) is 5.01 Å². The van der Waals surface area contributed by atoms with E-state index in [1.807, 2.05) is 12.1 Å². The van der Waals surface area contributed by atoms with E-state index >= 15 is 0 Å². The molecule has 0 aliphatic carbocycles. The Labute approximate surface area is 78.3 Å². The third-order valence-corrected chi connectivity index (χ3v) is 2.68. The van der Waals surface area contributed by atoms with Crippen LogP contribution in [0.2, 0.25) is 0 Å². The van der Waals surface area contributed by atoms with E-state index in [0.717, 1.165) is 10.0 Å². The van der Waals surface area contributed by atoms with E-state index in [9.17, 15) is 4.79 Å².